The number of carbonyl (C=O) groups is 1. The van der Waals surface area contributed by atoms with E-state index in [0.717, 1.165) is 5.56 Å². The topological polar surface area (TPSA) is 72.5 Å². The van der Waals surface area contributed by atoms with Crippen molar-refractivity contribution in [3.05, 3.63) is 65.2 Å². The lowest BCUT2D eigenvalue weighted by molar-refractivity contribution is -0.141. The molecule has 0 bridgehead atoms. The van der Waals surface area contributed by atoms with Gasteiger partial charge in [0.1, 0.15) is 6.04 Å². The highest BCUT2D eigenvalue weighted by Gasteiger charge is 2.26. The van der Waals surface area contributed by atoms with Crippen molar-refractivity contribution >= 4 is 39.4 Å². The van der Waals surface area contributed by atoms with Crippen LogP contribution >= 0.6 is 23.4 Å². The van der Waals surface area contributed by atoms with Crippen LogP contribution in [-0.4, -0.2) is 33.3 Å². The Labute approximate surface area is 156 Å². The standard InChI is InChI=1S/C17H18ClNO4S2/c1-23-17(20)16(12-24-11-13-6-3-2-4-7-13)19-25(21,22)15-9-5-8-14(18)10-15/h2-10,16,19H,11-12H2,1H3. The van der Waals surface area contributed by atoms with Crippen LogP contribution in [0.15, 0.2) is 59.5 Å². The van der Waals surface area contributed by atoms with Crippen molar-refractivity contribution in [3.63, 3.8) is 0 Å². The molecule has 1 unspecified atom stereocenters. The first-order chi connectivity index (χ1) is 11.9. The van der Waals surface area contributed by atoms with Crippen LogP contribution in [0.5, 0.6) is 0 Å². The van der Waals surface area contributed by atoms with E-state index in [0.29, 0.717) is 10.8 Å². The summed E-state index contributed by atoms with van der Waals surface area (Å²) in [5.74, 6) is 0.278. The van der Waals surface area contributed by atoms with Crippen molar-refractivity contribution in [3.8, 4) is 0 Å². The van der Waals surface area contributed by atoms with Crippen LogP contribution in [0, 0.1) is 0 Å². The average Bonchev–Trinajstić information content (AvgIpc) is 2.61. The molecule has 0 aliphatic carbocycles. The van der Waals surface area contributed by atoms with Gasteiger partial charge in [-0.15, -0.1) is 0 Å². The van der Waals surface area contributed by atoms with E-state index in [4.69, 9.17) is 16.3 Å². The molecule has 0 aromatic heterocycles. The van der Waals surface area contributed by atoms with E-state index >= 15 is 0 Å². The SMILES string of the molecule is COC(=O)C(CSCc1ccccc1)NS(=O)(=O)c1cccc(Cl)c1. The maximum atomic E-state index is 12.5. The molecule has 25 heavy (non-hydrogen) atoms. The number of hydrogen-bond donors (Lipinski definition) is 1. The van der Waals surface area contributed by atoms with Crippen LogP contribution in [0.4, 0.5) is 0 Å². The monoisotopic (exact) mass is 399 g/mol. The summed E-state index contributed by atoms with van der Waals surface area (Å²) in [7, 11) is -2.65. The van der Waals surface area contributed by atoms with E-state index < -0.39 is 22.0 Å². The summed E-state index contributed by atoms with van der Waals surface area (Å²) in [6.07, 6.45) is 0. The summed E-state index contributed by atoms with van der Waals surface area (Å²) in [6, 6.07) is 14.6. The Balaban J connectivity index is 2.05. The zero-order valence-electron chi connectivity index (χ0n) is 13.5. The van der Waals surface area contributed by atoms with Gasteiger partial charge in [0.25, 0.3) is 0 Å². The Kier molecular flexibility index (Phi) is 7.31. The van der Waals surface area contributed by atoms with Gasteiger partial charge in [0.15, 0.2) is 0 Å². The lowest BCUT2D eigenvalue weighted by atomic mass is 10.2. The van der Waals surface area contributed by atoms with E-state index in [9.17, 15) is 13.2 Å². The number of sulfonamides is 1. The van der Waals surface area contributed by atoms with E-state index in [2.05, 4.69) is 4.72 Å². The normalized spacial score (nSPS) is 12.6. The van der Waals surface area contributed by atoms with Crippen molar-refractivity contribution in [1.82, 2.24) is 4.72 Å². The minimum absolute atomic E-state index is 0.00182. The van der Waals surface area contributed by atoms with Gasteiger partial charge in [-0.1, -0.05) is 48.0 Å². The highest BCUT2D eigenvalue weighted by molar-refractivity contribution is 7.98. The van der Waals surface area contributed by atoms with Gasteiger partial charge >= 0.3 is 5.97 Å². The molecule has 0 radical (unpaired) electrons. The molecule has 1 atom stereocenters. The summed E-state index contributed by atoms with van der Waals surface area (Å²) in [5, 5.41) is 0.302. The third kappa shape index (κ3) is 6.04. The van der Waals surface area contributed by atoms with Crippen LogP contribution in [-0.2, 0) is 25.3 Å². The molecule has 0 fully saturated rings. The molecule has 0 aliphatic heterocycles. The van der Waals surface area contributed by atoms with E-state index in [1.165, 1.54) is 37.1 Å². The van der Waals surface area contributed by atoms with Crippen LogP contribution in [0.1, 0.15) is 5.56 Å². The molecule has 5 nitrogen and oxygen atoms in total. The van der Waals surface area contributed by atoms with Crippen molar-refractivity contribution in [2.75, 3.05) is 12.9 Å². The number of nitrogens with one attached hydrogen (secondary N) is 1. The second kappa shape index (κ2) is 9.24. The molecule has 0 saturated heterocycles. The Morgan fingerprint density at radius 1 is 1.20 bits per heavy atom. The Hall–Kier alpha value is -1.54. The molecule has 0 heterocycles. The molecule has 0 saturated carbocycles. The van der Waals surface area contributed by atoms with Gasteiger partial charge < -0.3 is 4.74 Å². The Morgan fingerprint density at radius 2 is 1.92 bits per heavy atom. The number of benzene rings is 2. The second-order valence-electron chi connectivity index (χ2n) is 5.16. The molecule has 0 amide bonds. The van der Waals surface area contributed by atoms with Gasteiger partial charge in [0.05, 0.1) is 12.0 Å². The minimum Gasteiger partial charge on any atom is -0.468 e. The van der Waals surface area contributed by atoms with E-state index in [1.807, 2.05) is 30.3 Å². The highest BCUT2D eigenvalue weighted by atomic mass is 35.5. The van der Waals surface area contributed by atoms with Crippen molar-refractivity contribution in [2.24, 2.45) is 0 Å². The van der Waals surface area contributed by atoms with Crippen LogP contribution in [0.3, 0.4) is 0 Å². The fourth-order valence-corrected chi connectivity index (χ4v) is 4.64. The number of esters is 1. The maximum absolute atomic E-state index is 12.5. The number of rotatable bonds is 8. The summed E-state index contributed by atoms with van der Waals surface area (Å²) >= 11 is 7.28. The fourth-order valence-electron chi connectivity index (χ4n) is 2.05. The number of carbonyl (C=O) groups excluding carboxylic acids is 1. The van der Waals surface area contributed by atoms with Gasteiger partial charge in [0.2, 0.25) is 10.0 Å². The molecular weight excluding hydrogens is 382 g/mol. The van der Waals surface area contributed by atoms with E-state index in [1.54, 1.807) is 6.07 Å². The van der Waals surface area contributed by atoms with Crippen LogP contribution in [0.25, 0.3) is 0 Å². The quantitative estimate of drug-likeness (QED) is 0.690. The zero-order chi connectivity index (χ0) is 18.3. The molecule has 0 spiro atoms. The molecule has 8 heteroatoms. The number of methoxy groups -OCH3 is 1. The largest absolute Gasteiger partial charge is 0.468 e. The predicted molar refractivity (Wildman–Crippen MR) is 100 cm³/mol. The zero-order valence-corrected chi connectivity index (χ0v) is 15.9. The molecule has 0 aliphatic rings. The Morgan fingerprint density at radius 3 is 2.56 bits per heavy atom. The summed E-state index contributed by atoms with van der Waals surface area (Å²) in [6.45, 7) is 0. The summed E-state index contributed by atoms with van der Waals surface area (Å²) in [5.41, 5.74) is 1.09. The minimum atomic E-state index is -3.88. The average molecular weight is 400 g/mol. The van der Waals surface area contributed by atoms with Gasteiger partial charge in [-0.25, -0.2) is 8.42 Å². The summed E-state index contributed by atoms with van der Waals surface area (Å²) < 4.78 is 32.0. The number of halogens is 1. The van der Waals surface area contributed by atoms with Crippen LogP contribution in [0.2, 0.25) is 5.02 Å². The molecule has 134 valence electrons. The first-order valence-corrected chi connectivity index (χ1v) is 10.4. The Bertz CT molecular complexity index is 812. The lowest BCUT2D eigenvalue weighted by Gasteiger charge is -2.16. The number of ether oxygens (including phenoxy) is 1. The molecule has 2 rings (SSSR count). The third-order valence-corrected chi connectivity index (χ3v) is 6.10. The molecular formula is C17H18ClNO4S2. The van der Waals surface area contributed by atoms with Gasteiger partial charge in [0, 0.05) is 16.5 Å². The van der Waals surface area contributed by atoms with Crippen molar-refractivity contribution < 1.29 is 17.9 Å². The van der Waals surface area contributed by atoms with E-state index in [-0.39, 0.29) is 10.6 Å². The summed E-state index contributed by atoms with van der Waals surface area (Å²) in [4.78, 5) is 11.9. The second-order valence-corrected chi connectivity index (χ2v) is 8.34. The van der Waals surface area contributed by atoms with Gasteiger partial charge in [-0.2, -0.15) is 16.5 Å². The number of hydrogen-bond acceptors (Lipinski definition) is 5. The van der Waals surface area contributed by atoms with Gasteiger partial charge in [-0.3, -0.25) is 4.79 Å². The fraction of sp³-hybridized carbons (Fsp3) is 0.235. The first-order valence-electron chi connectivity index (χ1n) is 7.40. The van der Waals surface area contributed by atoms with Crippen molar-refractivity contribution in [2.45, 2.75) is 16.7 Å². The lowest BCUT2D eigenvalue weighted by Crippen LogP contribution is -2.43. The maximum Gasteiger partial charge on any atom is 0.324 e. The van der Waals surface area contributed by atoms with Crippen molar-refractivity contribution in [1.29, 1.82) is 0 Å². The smallest absolute Gasteiger partial charge is 0.324 e. The van der Waals surface area contributed by atoms with Gasteiger partial charge in [-0.05, 0) is 23.8 Å². The van der Waals surface area contributed by atoms with Crippen LogP contribution < -0.4 is 4.72 Å². The highest BCUT2D eigenvalue weighted by Crippen LogP contribution is 2.18. The molecule has 2 aromatic rings. The third-order valence-electron chi connectivity index (χ3n) is 3.29. The predicted octanol–water partition coefficient (Wildman–Crippen LogP) is 3.09. The molecule has 1 N–H and O–H groups in total. The first kappa shape index (κ1) is 19.8. The number of thioether (sulfide) groups is 1. The molecule has 2 aromatic carbocycles.